The molecule has 0 unspecified atom stereocenters. The lowest BCUT2D eigenvalue weighted by atomic mass is 9.70. The molecule has 0 saturated heterocycles. The number of aliphatic hydroxyl groups is 4. The predicted octanol–water partition coefficient (Wildman–Crippen LogP) is -1.25. The molecule has 6 heteroatoms. The van der Waals surface area contributed by atoms with Crippen molar-refractivity contribution in [2.75, 3.05) is 47.3 Å². The molecule has 0 radical (unpaired) electrons. The van der Waals surface area contributed by atoms with Crippen molar-refractivity contribution in [2.45, 2.75) is 18.4 Å². The van der Waals surface area contributed by atoms with E-state index in [2.05, 4.69) is 0 Å². The van der Waals surface area contributed by atoms with Gasteiger partial charge in [-0.2, -0.15) is 0 Å². The van der Waals surface area contributed by atoms with E-state index < -0.39 is 30.8 Å². The zero-order valence-corrected chi connectivity index (χ0v) is 10.6. The molecule has 0 rings (SSSR count). The summed E-state index contributed by atoms with van der Waals surface area (Å²) in [7, 11) is 2.99. The van der Waals surface area contributed by atoms with Crippen LogP contribution in [0.25, 0.3) is 0 Å². The number of rotatable bonds is 10. The molecule has 0 aliphatic carbocycles. The SMILES string of the molecule is COCCC(O)(CCOC)C(CO)(CO)CO. The number of aliphatic hydroxyl groups excluding tert-OH is 3. The van der Waals surface area contributed by atoms with Gasteiger partial charge in [0.15, 0.2) is 0 Å². The van der Waals surface area contributed by atoms with Crippen LogP contribution >= 0.6 is 0 Å². The van der Waals surface area contributed by atoms with Crippen LogP contribution in [0.4, 0.5) is 0 Å². The summed E-state index contributed by atoms with van der Waals surface area (Å²) in [4.78, 5) is 0. The Balaban J connectivity index is 4.94. The standard InChI is InChI=1S/C11H24O6/c1-16-5-3-11(15,4-6-17-2)10(7-12,8-13)9-14/h12-15H,3-9H2,1-2H3. The van der Waals surface area contributed by atoms with Gasteiger partial charge in [0.25, 0.3) is 0 Å². The summed E-state index contributed by atoms with van der Waals surface area (Å²) < 4.78 is 9.80. The van der Waals surface area contributed by atoms with E-state index in [4.69, 9.17) is 9.47 Å². The van der Waals surface area contributed by atoms with Gasteiger partial charge in [-0.3, -0.25) is 0 Å². The Hall–Kier alpha value is -0.240. The fourth-order valence-corrected chi connectivity index (χ4v) is 1.79. The lowest BCUT2D eigenvalue weighted by molar-refractivity contribution is -0.170. The summed E-state index contributed by atoms with van der Waals surface area (Å²) in [6.45, 7) is -0.998. The maximum Gasteiger partial charge on any atom is 0.0813 e. The van der Waals surface area contributed by atoms with Gasteiger partial charge in [0.2, 0.25) is 0 Å². The molecule has 104 valence electrons. The molecule has 0 fully saturated rings. The predicted molar refractivity (Wildman–Crippen MR) is 61.6 cm³/mol. The van der Waals surface area contributed by atoms with Crippen LogP contribution in [0.3, 0.4) is 0 Å². The Morgan fingerprint density at radius 2 is 1.18 bits per heavy atom. The molecular formula is C11H24O6. The molecule has 0 spiro atoms. The topological polar surface area (TPSA) is 99.4 Å². The summed E-state index contributed by atoms with van der Waals surface area (Å²) in [6, 6.07) is 0. The first-order valence-electron chi connectivity index (χ1n) is 5.58. The zero-order chi connectivity index (χ0) is 13.4. The van der Waals surface area contributed by atoms with E-state index in [1.165, 1.54) is 14.2 Å². The highest BCUT2D eigenvalue weighted by molar-refractivity contribution is 4.98. The van der Waals surface area contributed by atoms with Gasteiger partial charge in [-0.15, -0.1) is 0 Å². The molecule has 0 aromatic heterocycles. The molecule has 0 aliphatic heterocycles. The van der Waals surface area contributed by atoms with Gasteiger partial charge in [0.1, 0.15) is 0 Å². The highest BCUT2D eigenvalue weighted by atomic mass is 16.5. The number of hydrogen-bond donors (Lipinski definition) is 4. The van der Waals surface area contributed by atoms with Crippen molar-refractivity contribution >= 4 is 0 Å². The molecule has 0 aliphatic rings. The van der Waals surface area contributed by atoms with Gasteiger partial charge in [-0.05, 0) is 0 Å². The van der Waals surface area contributed by atoms with E-state index in [0.717, 1.165) is 0 Å². The van der Waals surface area contributed by atoms with Gasteiger partial charge < -0.3 is 29.9 Å². The molecule has 17 heavy (non-hydrogen) atoms. The average Bonchev–Trinajstić information content (AvgIpc) is 2.36. The van der Waals surface area contributed by atoms with Crippen molar-refractivity contribution in [1.29, 1.82) is 0 Å². The van der Waals surface area contributed by atoms with E-state index >= 15 is 0 Å². The highest BCUT2D eigenvalue weighted by Crippen LogP contribution is 2.36. The molecule has 0 saturated carbocycles. The minimum Gasteiger partial charge on any atom is -0.395 e. The van der Waals surface area contributed by atoms with Crippen LogP contribution in [-0.4, -0.2) is 73.3 Å². The highest BCUT2D eigenvalue weighted by Gasteiger charge is 2.48. The second-order valence-electron chi connectivity index (χ2n) is 4.27. The molecule has 6 nitrogen and oxygen atoms in total. The summed E-state index contributed by atoms with van der Waals surface area (Å²) in [6.07, 6.45) is 0.406. The summed E-state index contributed by atoms with van der Waals surface area (Å²) in [5.74, 6) is 0. The third-order valence-corrected chi connectivity index (χ3v) is 3.33. The van der Waals surface area contributed by atoms with Gasteiger partial charge in [-0.25, -0.2) is 0 Å². The summed E-state index contributed by atoms with van der Waals surface area (Å²) in [5.41, 5.74) is -2.79. The fraction of sp³-hybridized carbons (Fsp3) is 1.00. The largest absolute Gasteiger partial charge is 0.395 e. The van der Waals surface area contributed by atoms with Gasteiger partial charge in [0.05, 0.1) is 30.8 Å². The van der Waals surface area contributed by atoms with E-state index in [-0.39, 0.29) is 26.1 Å². The van der Waals surface area contributed by atoms with Crippen molar-refractivity contribution < 1.29 is 29.9 Å². The first-order chi connectivity index (χ1) is 8.05. The lowest BCUT2D eigenvalue weighted by Crippen LogP contribution is -2.56. The molecule has 0 bridgehead atoms. The molecule has 4 N–H and O–H groups in total. The molecule has 0 aromatic rings. The summed E-state index contributed by atoms with van der Waals surface area (Å²) in [5, 5.41) is 38.6. The van der Waals surface area contributed by atoms with Crippen LogP contribution in [0.1, 0.15) is 12.8 Å². The fourth-order valence-electron chi connectivity index (χ4n) is 1.79. The van der Waals surface area contributed by atoms with Crippen molar-refractivity contribution in [1.82, 2.24) is 0 Å². The van der Waals surface area contributed by atoms with Gasteiger partial charge in [-0.1, -0.05) is 0 Å². The molecule has 0 amide bonds. The van der Waals surface area contributed by atoms with Crippen LogP contribution in [0.5, 0.6) is 0 Å². The Bertz CT molecular complexity index is 176. The van der Waals surface area contributed by atoms with E-state index in [1.807, 2.05) is 0 Å². The molecule has 0 atom stereocenters. The van der Waals surface area contributed by atoms with Gasteiger partial charge in [0, 0.05) is 40.3 Å². The normalized spacial score (nSPS) is 13.1. The van der Waals surface area contributed by atoms with Crippen LogP contribution in [0.2, 0.25) is 0 Å². The minimum absolute atomic E-state index is 0.203. The van der Waals surface area contributed by atoms with Crippen molar-refractivity contribution in [3.8, 4) is 0 Å². The second-order valence-corrected chi connectivity index (χ2v) is 4.27. The Morgan fingerprint density at radius 3 is 1.41 bits per heavy atom. The minimum atomic E-state index is -1.43. The van der Waals surface area contributed by atoms with Crippen LogP contribution in [0.15, 0.2) is 0 Å². The molecular weight excluding hydrogens is 228 g/mol. The first kappa shape index (κ1) is 16.8. The Kier molecular flexibility index (Phi) is 7.85. The van der Waals surface area contributed by atoms with Crippen LogP contribution in [0, 0.1) is 5.41 Å². The number of hydrogen-bond acceptors (Lipinski definition) is 6. The van der Waals surface area contributed by atoms with Crippen molar-refractivity contribution in [3.05, 3.63) is 0 Å². The maximum atomic E-state index is 10.5. The first-order valence-corrected chi connectivity index (χ1v) is 5.58. The zero-order valence-electron chi connectivity index (χ0n) is 10.6. The smallest absolute Gasteiger partial charge is 0.0813 e. The molecule has 0 aromatic carbocycles. The van der Waals surface area contributed by atoms with Crippen molar-refractivity contribution in [2.24, 2.45) is 5.41 Å². The molecule has 0 heterocycles. The second kappa shape index (κ2) is 7.97. The maximum absolute atomic E-state index is 10.5. The van der Waals surface area contributed by atoms with Crippen LogP contribution < -0.4 is 0 Å². The van der Waals surface area contributed by atoms with Gasteiger partial charge >= 0.3 is 0 Å². The lowest BCUT2D eigenvalue weighted by Gasteiger charge is -2.44. The Labute approximate surface area is 102 Å². The summed E-state index contributed by atoms with van der Waals surface area (Å²) >= 11 is 0. The third-order valence-electron chi connectivity index (χ3n) is 3.33. The van der Waals surface area contributed by atoms with E-state index in [0.29, 0.717) is 0 Å². The average molecular weight is 252 g/mol. The number of methoxy groups -OCH3 is 2. The van der Waals surface area contributed by atoms with Crippen LogP contribution in [-0.2, 0) is 9.47 Å². The Morgan fingerprint density at radius 1 is 0.824 bits per heavy atom. The van der Waals surface area contributed by atoms with E-state index in [1.54, 1.807) is 0 Å². The monoisotopic (exact) mass is 252 g/mol. The van der Waals surface area contributed by atoms with E-state index in [9.17, 15) is 20.4 Å². The van der Waals surface area contributed by atoms with Crippen molar-refractivity contribution in [3.63, 3.8) is 0 Å². The number of ether oxygens (including phenoxy) is 2. The third kappa shape index (κ3) is 3.87. The quantitative estimate of drug-likeness (QED) is 0.388.